The van der Waals surface area contributed by atoms with Crippen LogP contribution in [0.15, 0.2) is 18.4 Å². The highest BCUT2D eigenvalue weighted by molar-refractivity contribution is 5.65. The van der Waals surface area contributed by atoms with Crippen LogP contribution in [0.3, 0.4) is 0 Å². The lowest BCUT2D eigenvalue weighted by Crippen LogP contribution is -2.17. The van der Waals surface area contributed by atoms with E-state index in [2.05, 4.69) is 26.2 Å². The summed E-state index contributed by atoms with van der Waals surface area (Å²) in [5.74, 6) is 0. The molecular weight excluding hydrogens is 146 g/mol. The summed E-state index contributed by atoms with van der Waals surface area (Å²) in [6.07, 6.45) is 7.82. The van der Waals surface area contributed by atoms with E-state index in [-0.39, 0.29) is 5.41 Å². The Balaban J connectivity index is 4.34. The van der Waals surface area contributed by atoms with Crippen molar-refractivity contribution in [3.05, 3.63) is 18.4 Å². The molecule has 0 bridgehead atoms. The van der Waals surface area contributed by atoms with Crippen molar-refractivity contribution in [3.63, 3.8) is 0 Å². The maximum atomic E-state index is 7.37. The maximum absolute atomic E-state index is 7.37. The van der Waals surface area contributed by atoms with E-state index in [0.717, 1.165) is 12.8 Å². The van der Waals surface area contributed by atoms with Gasteiger partial charge in [0.05, 0.1) is 0 Å². The van der Waals surface area contributed by atoms with Gasteiger partial charge in [-0.05, 0) is 18.9 Å². The summed E-state index contributed by atoms with van der Waals surface area (Å²) in [5, 5.41) is 7.37. The van der Waals surface area contributed by atoms with Crippen LogP contribution in [0.2, 0.25) is 0 Å². The molecule has 0 fully saturated rings. The Morgan fingerprint density at radius 3 is 2.50 bits per heavy atom. The van der Waals surface area contributed by atoms with Gasteiger partial charge in [0.2, 0.25) is 0 Å². The Morgan fingerprint density at radius 1 is 1.50 bits per heavy atom. The van der Waals surface area contributed by atoms with Crippen LogP contribution in [0.4, 0.5) is 0 Å². The second kappa shape index (κ2) is 5.79. The summed E-state index contributed by atoms with van der Waals surface area (Å²) in [6.45, 7) is 7.84. The zero-order valence-corrected chi connectivity index (χ0v) is 8.19. The molecule has 0 saturated carbocycles. The highest BCUT2D eigenvalue weighted by atomic mass is 14.4. The summed E-state index contributed by atoms with van der Waals surface area (Å²) in [5.41, 5.74) is 2.72. The van der Waals surface area contributed by atoms with Crippen LogP contribution in [-0.2, 0) is 0 Å². The molecule has 12 heavy (non-hydrogen) atoms. The average Bonchev–Trinajstić information content (AvgIpc) is 2.13. The van der Waals surface area contributed by atoms with Crippen LogP contribution in [0, 0.1) is 10.8 Å². The number of nitrogens with one attached hydrogen (secondary N) is 1. The summed E-state index contributed by atoms with van der Waals surface area (Å²) in [6, 6.07) is 0. The molecule has 0 aliphatic heterocycles. The van der Waals surface area contributed by atoms with Crippen LogP contribution in [0.1, 0.15) is 39.5 Å². The molecule has 0 heterocycles. The molecule has 68 valence electrons. The van der Waals surface area contributed by atoms with E-state index in [1.807, 2.05) is 6.08 Å². The van der Waals surface area contributed by atoms with Crippen molar-refractivity contribution in [1.82, 2.24) is 0 Å². The lowest BCUT2D eigenvalue weighted by molar-refractivity contribution is 0.457. The molecule has 0 amide bonds. The highest BCUT2D eigenvalue weighted by Gasteiger charge is 2.20. The van der Waals surface area contributed by atoms with Gasteiger partial charge < -0.3 is 5.41 Å². The number of hydrogen-bond acceptors (Lipinski definition) is 1. The molecule has 0 rings (SSSR count). The monoisotopic (exact) mass is 165 g/mol. The Bertz CT molecular complexity index is 177. The third-order valence-electron chi connectivity index (χ3n) is 2.33. The fourth-order valence-corrected chi connectivity index (χ4v) is 1.28. The highest BCUT2D eigenvalue weighted by Crippen LogP contribution is 2.27. The van der Waals surface area contributed by atoms with Crippen molar-refractivity contribution in [2.45, 2.75) is 39.5 Å². The van der Waals surface area contributed by atoms with E-state index in [4.69, 9.17) is 5.41 Å². The maximum Gasteiger partial charge on any atom is 0.0300 e. The van der Waals surface area contributed by atoms with Gasteiger partial charge >= 0.3 is 0 Å². The van der Waals surface area contributed by atoms with Gasteiger partial charge in [0.1, 0.15) is 0 Å². The van der Waals surface area contributed by atoms with Crippen molar-refractivity contribution in [2.24, 2.45) is 5.41 Å². The fraction of sp³-hybridized carbons (Fsp3) is 0.636. The standard InChI is InChI=1S/C11H19N/c1-4-7-9-11(6-3,10-12)8-5-2/h8,10,12H,2,4,6-7,9H2,1,3H3. The number of rotatable bonds is 6. The van der Waals surface area contributed by atoms with E-state index in [1.165, 1.54) is 19.1 Å². The Hall–Kier alpha value is -0.810. The third-order valence-corrected chi connectivity index (χ3v) is 2.33. The fourth-order valence-electron chi connectivity index (χ4n) is 1.28. The zero-order valence-electron chi connectivity index (χ0n) is 8.19. The van der Waals surface area contributed by atoms with Gasteiger partial charge in [-0.2, -0.15) is 0 Å². The number of unbranched alkanes of at least 4 members (excludes halogenated alkanes) is 1. The molecule has 0 aromatic carbocycles. The molecule has 0 spiro atoms. The summed E-state index contributed by atoms with van der Waals surface area (Å²) in [4.78, 5) is 0. The largest absolute Gasteiger partial charge is 0.312 e. The normalized spacial score (nSPS) is 14.5. The van der Waals surface area contributed by atoms with Crippen LogP contribution in [-0.4, -0.2) is 6.21 Å². The van der Waals surface area contributed by atoms with Crippen molar-refractivity contribution in [3.8, 4) is 0 Å². The zero-order chi connectivity index (χ0) is 9.45. The average molecular weight is 165 g/mol. The van der Waals surface area contributed by atoms with Crippen LogP contribution >= 0.6 is 0 Å². The summed E-state index contributed by atoms with van der Waals surface area (Å²) in [7, 11) is 0. The van der Waals surface area contributed by atoms with Crippen molar-refractivity contribution < 1.29 is 0 Å². The van der Waals surface area contributed by atoms with Crippen molar-refractivity contribution >= 4 is 6.21 Å². The van der Waals surface area contributed by atoms with Crippen molar-refractivity contribution in [1.29, 1.82) is 5.41 Å². The molecule has 0 saturated heterocycles. The van der Waals surface area contributed by atoms with Crippen molar-refractivity contribution in [2.75, 3.05) is 0 Å². The topological polar surface area (TPSA) is 23.9 Å². The lowest BCUT2D eigenvalue weighted by atomic mass is 9.81. The first-order valence-electron chi connectivity index (χ1n) is 4.63. The minimum Gasteiger partial charge on any atom is -0.312 e. The van der Waals surface area contributed by atoms with E-state index in [1.54, 1.807) is 0 Å². The van der Waals surface area contributed by atoms with Gasteiger partial charge in [0.25, 0.3) is 0 Å². The second-order valence-electron chi connectivity index (χ2n) is 3.18. The molecule has 0 aromatic rings. The molecule has 0 aliphatic carbocycles. The van der Waals surface area contributed by atoms with Gasteiger partial charge in [0.15, 0.2) is 0 Å². The van der Waals surface area contributed by atoms with Crippen LogP contribution in [0.5, 0.6) is 0 Å². The smallest absolute Gasteiger partial charge is 0.0300 e. The van der Waals surface area contributed by atoms with Gasteiger partial charge in [-0.15, -0.1) is 5.73 Å². The molecular formula is C11H19N. The number of hydrogen-bond donors (Lipinski definition) is 1. The molecule has 0 aliphatic rings. The Kier molecular flexibility index (Phi) is 5.40. The molecule has 0 radical (unpaired) electrons. The third kappa shape index (κ3) is 3.06. The molecule has 1 N–H and O–H groups in total. The van der Waals surface area contributed by atoms with E-state index in [0.29, 0.717) is 0 Å². The van der Waals surface area contributed by atoms with Crippen LogP contribution < -0.4 is 0 Å². The Labute approximate surface area is 75.7 Å². The van der Waals surface area contributed by atoms with Crippen LogP contribution in [0.25, 0.3) is 0 Å². The second-order valence-corrected chi connectivity index (χ2v) is 3.18. The lowest BCUT2D eigenvalue weighted by Gasteiger charge is -2.22. The molecule has 1 atom stereocenters. The first-order chi connectivity index (χ1) is 5.74. The Morgan fingerprint density at radius 2 is 2.17 bits per heavy atom. The predicted molar refractivity (Wildman–Crippen MR) is 54.7 cm³/mol. The van der Waals surface area contributed by atoms with E-state index < -0.39 is 0 Å². The van der Waals surface area contributed by atoms with Gasteiger partial charge in [-0.25, -0.2) is 0 Å². The minimum absolute atomic E-state index is 0.0717. The van der Waals surface area contributed by atoms with Gasteiger partial charge in [-0.3, -0.25) is 0 Å². The summed E-state index contributed by atoms with van der Waals surface area (Å²) < 4.78 is 0. The number of allylic oxidation sites excluding steroid dienone is 1. The molecule has 1 heteroatoms. The first-order valence-corrected chi connectivity index (χ1v) is 4.63. The first kappa shape index (κ1) is 11.2. The molecule has 1 unspecified atom stereocenters. The van der Waals surface area contributed by atoms with Gasteiger partial charge in [-0.1, -0.05) is 33.3 Å². The molecule has 0 aromatic heterocycles. The van der Waals surface area contributed by atoms with Gasteiger partial charge in [0, 0.05) is 11.6 Å². The minimum atomic E-state index is -0.0717. The molecule has 1 nitrogen and oxygen atoms in total. The van der Waals surface area contributed by atoms with E-state index in [9.17, 15) is 0 Å². The predicted octanol–water partition coefficient (Wildman–Crippen LogP) is 3.56. The quantitative estimate of drug-likeness (QED) is 0.459. The SMILES string of the molecule is C=C=CC(C=N)(CC)CCCC. The van der Waals surface area contributed by atoms with E-state index >= 15 is 0 Å². The summed E-state index contributed by atoms with van der Waals surface area (Å²) >= 11 is 0.